The minimum absolute atomic E-state index is 0.0124. The summed E-state index contributed by atoms with van der Waals surface area (Å²) in [5.74, 6) is 0.0124. The Morgan fingerprint density at radius 1 is 1.04 bits per heavy atom. The van der Waals surface area contributed by atoms with Gasteiger partial charge in [-0.15, -0.1) is 0 Å². The summed E-state index contributed by atoms with van der Waals surface area (Å²) >= 11 is 1.42. The van der Waals surface area contributed by atoms with Crippen LogP contribution in [0.1, 0.15) is 6.92 Å². The molecule has 0 spiro atoms. The van der Waals surface area contributed by atoms with Crippen LogP contribution in [0.3, 0.4) is 0 Å². The van der Waals surface area contributed by atoms with Gasteiger partial charge in [0.15, 0.2) is 5.65 Å². The summed E-state index contributed by atoms with van der Waals surface area (Å²) in [6.07, 6.45) is 3.27. The standard InChI is InChI=1S/C21H19N5OS/c1-15(21(27)25(2)16-9-5-3-6-10-16)28-20-18-13-24-26(19(18)22-14-23-20)17-11-7-4-8-12-17/h3-15H,1-2H3/t15-/m0/s1. The Kier molecular flexibility index (Phi) is 5.08. The monoisotopic (exact) mass is 389 g/mol. The molecule has 7 heteroatoms. The van der Waals surface area contributed by atoms with Crippen molar-refractivity contribution in [2.24, 2.45) is 0 Å². The molecule has 1 atom stereocenters. The highest BCUT2D eigenvalue weighted by Crippen LogP contribution is 2.30. The lowest BCUT2D eigenvalue weighted by Crippen LogP contribution is -2.33. The number of thioether (sulfide) groups is 1. The number of aromatic nitrogens is 4. The lowest BCUT2D eigenvalue weighted by molar-refractivity contribution is -0.117. The van der Waals surface area contributed by atoms with Crippen molar-refractivity contribution in [2.45, 2.75) is 17.2 Å². The van der Waals surface area contributed by atoms with E-state index in [0.29, 0.717) is 0 Å². The summed E-state index contributed by atoms with van der Waals surface area (Å²) in [5.41, 5.74) is 2.52. The molecule has 0 saturated carbocycles. The Labute approximate surface area is 167 Å². The van der Waals surface area contributed by atoms with E-state index in [1.54, 1.807) is 22.8 Å². The van der Waals surface area contributed by atoms with Crippen LogP contribution < -0.4 is 4.90 Å². The second-order valence-corrected chi connectivity index (χ2v) is 7.63. The maximum absolute atomic E-state index is 12.9. The third-order valence-electron chi connectivity index (χ3n) is 4.44. The lowest BCUT2D eigenvalue weighted by atomic mass is 10.3. The van der Waals surface area contributed by atoms with Crippen LogP contribution in [-0.2, 0) is 4.79 Å². The van der Waals surface area contributed by atoms with Crippen molar-refractivity contribution in [3.05, 3.63) is 73.2 Å². The number of fused-ring (bicyclic) bond motifs is 1. The van der Waals surface area contributed by atoms with Crippen LogP contribution in [0, 0.1) is 0 Å². The van der Waals surface area contributed by atoms with Crippen LogP contribution in [0.5, 0.6) is 0 Å². The summed E-state index contributed by atoms with van der Waals surface area (Å²) in [6, 6.07) is 19.4. The van der Waals surface area contributed by atoms with Crippen LogP contribution in [-0.4, -0.2) is 38.0 Å². The first-order valence-electron chi connectivity index (χ1n) is 8.88. The predicted molar refractivity (Wildman–Crippen MR) is 112 cm³/mol. The van der Waals surface area contributed by atoms with Gasteiger partial charge in [0.1, 0.15) is 11.4 Å². The number of carbonyl (C=O) groups excluding carboxylic acids is 1. The molecule has 28 heavy (non-hydrogen) atoms. The van der Waals surface area contributed by atoms with Gasteiger partial charge >= 0.3 is 0 Å². The van der Waals surface area contributed by atoms with Crippen molar-refractivity contribution < 1.29 is 4.79 Å². The van der Waals surface area contributed by atoms with Crippen molar-refractivity contribution in [3.8, 4) is 5.69 Å². The number of hydrogen-bond acceptors (Lipinski definition) is 5. The average Bonchev–Trinajstić information content (AvgIpc) is 3.19. The number of hydrogen-bond donors (Lipinski definition) is 0. The van der Waals surface area contributed by atoms with E-state index in [1.165, 1.54) is 18.1 Å². The Balaban J connectivity index is 1.60. The molecule has 0 N–H and O–H groups in total. The van der Waals surface area contributed by atoms with E-state index in [4.69, 9.17) is 0 Å². The molecule has 0 aliphatic carbocycles. The average molecular weight is 389 g/mol. The predicted octanol–water partition coefficient (Wildman–Crippen LogP) is 3.96. The first-order chi connectivity index (χ1) is 13.6. The maximum Gasteiger partial charge on any atom is 0.239 e. The van der Waals surface area contributed by atoms with Crippen LogP contribution >= 0.6 is 11.8 Å². The molecule has 0 unspecified atom stereocenters. The summed E-state index contributed by atoms with van der Waals surface area (Å²) in [5, 5.41) is 5.74. The molecule has 0 saturated heterocycles. The number of amides is 1. The molecule has 4 rings (SSSR count). The van der Waals surface area contributed by atoms with Gasteiger partial charge < -0.3 is 4.90 Å². The van der Waals surface area contributed by atoms with Gasteiger partial charge in [-0.05, 0) is 31.2 Å². The van der Waals surface area contributed by atoms with E-state index >= 15 is 0 Å². The molecule has 0 aliphatic rings. The van der Waals surface area contributed by atoms with Gasteiger partial charge in [-0.25, -0.2) is 14.6 Å². The van der Waals surface area contributed by atoms with Crippen molar-refractivity contribution in [1.82, 2.24) is 19.7 Å². The fourth-order valence-corrected chi connectivity index (χ4v) is 3.92. The number of para-hydroxylation sites is 2. The van der Waals surface area contributed by atoms with Gasteiger partial charge in [0.2, 0.25) is 5.91 Å². The SMILES string of the molecule is C[C@H](Sc1ncnc2c1cnn2-c1ccccc1)C(=O)N(C)c1ccccc1. The number of benzene rings is 2. The minimum atomic E-state index is -0.302. The first-order valence-corrected chi connectivity index (χ1v) is 9.76. The van der Waals surface area contributed by atoms with E-state index in [2.05, 4.69) is 15.1 Å². The summed E-state index contributed by atoms with van der Waals surface area (Å²) in [6.45, 7) is 1.89. The zero-order valence-corrected chi connectivity index (χ0v) is 16.4. The van der Waals surface area contributed by atoms with Crippen LogP contribution in [0.2, 0.25) is 0 Å². The molecule has 2 aromatic carbocycles. The van der Waals surface area contributed by atoms with E-state index in [9.17, 15) is 4.79 Å². The van der Waals surface area contributed by atoms with Gasteiger partial charge in [0.05, 0.1) is 22.5 Å². The van der Waals surface area contributed by atoms with Gasteiger partial charge in [-0.1, -0.05) is 48.2 Å². The van der Waals surface area contributed by atoms with E-state index in [1.807, 2.05) is 67.6 Å². The smallest absolute Gasteiger partial charge is 0.239 e. The number of anilines is 1. The topological polar surface area (TPSA) is 63.9 Å². The molecule has 0 aliphatic heterocycles. The zero-order chi connectivity index (χ0) is 19.5. The molecule has 1 amide bonds. The molecule has 0 fully saturated rings. The normalized spacial score (nSPS) is 12.1. The lowest BCUT2D eigenvalue weighted by Gasteiger charge is -2.21. The van der Waals surface area contributed by atoms with E-state index < -0.39 is 0 Å². The molecular weight excluding hydrogens is 370 g/mol. The number of rotatable bonds is 5. The zero-order valence-electron chi connectivity index (χ0n) is 15.6. The number of carbonyl (C=O) groups is 1. The van der Waals surface area contributed by atoms with Crippen molar-refractivity contribution >= 4 is 34.4 Å². The van der Waals surface area contributed by atoms with Crippen molar-refractivity contribution in [1.29, 1.82) is 0 Å². The third kappa shape index (κ3) is 3.48. The molecular formula is C21H19N5OS. The quantitative estimate of drug-likeness (QED) is 0.382. The van der Waals surface area contributed by atoms with Gasteiger partial charge in [0.25, 0.3) is 0 Å². The Bertz CT molecular complexity index is 1100. The molecule has 0 radical (unpaired) electrons. The Morgan fingerprint density at radius 3 is 2.43 bits per heavy atom. The molecule has 0 bridgehead atoms. The number of nitrogens with zero attached hydrogens (tertiary/aromatic N) is 5. The highest BCUT2D eigenvalue weighted by molar-refractivity contribution is 8.00. The third-order valence-corrected chi connectivity index (χ3v) is 5.54. The molecule has 2 heterocycles. The van der Waals surface area contributed by atoms with Crippen LogP contribution in [0.25, 0.3) is 16.7 Å². The molecule has 4 aromatic rings. The van der Waals surface area contributed by atoms with Crippen LogP contribution in [0.15, 0.2) is 78.2 Å². The molecule has 6 nitrogen and oxygen atoms in total. The summed E-state index contributed by atoms with van der Waals surface area (Å²) in [4.78, 5) is 23.3. The minimum Gasteiger partial charge on any atom is -0.315 e. The maximum atomic E-state index is 12.9. The van der Waals surface area contributed by atoms with E-state index in [0.717, 1.165) is 27.4 Å². The van der Waals surface area contributed by atoms with Crippen molar-refractivity contribution in [2.75, 3.05) is 11.9 Å². The second kappa shape index (κ2) is 7.82. The van der Waals surface area contributed by atoms with Gasteiger partial charge in [-0.3, -0.25) is 4.79 Å². The highest BCUT2D eigenvalue weighted by atomic mass is 32.2. The van der Waals surface area contributed by atoms with Gasteiger partial charge in [-0.2, -0.15) is 5.10 Å². The summed E-state index contributed by atoms with van der Waals surface area (Å²) < 4.78 is 1.78. The van der Waals surface area contributed by atoms with Gasteiger partial charge in [0, 0.05) is 12.7 Å². The van der Waals surface area contributed by atoms with E-state index in [-0.39, 0.29) is 11.2 Å². The van der Waals surface area contributed by atoms with Crippen LogP contribution in [0.4, 0.5) is 5.69 Å². The Morgan fingerprint density at radius 2 is 1.71 bits per heavy atom. The summed E-state index contributed by atoms with van der Waals surface area (Å²) in [7, 11) is 1.79. The molecule has 140 valence electrons. The second-order valence-electron chi connectivity index (χ2n) is 6.30. The molecule has 2 aromatic heterocycles. The fraction of sp³-hybridized carbons (Fsp3) is 0.143. The Hall–Kier alpha value is -3.19. The highest BCUT2D eigenvalue weighted by Gasteiger charge is 2.22. The van der Waals surface area contributed by atoms with Crippen molar-refractivity contribution in [3.63, 3.8) is 0 Å². The first kappa shape index (κ1) is 18.2. The largest absolute Gasteiger partial charge is 0.315 e. The fourth-order valence-electron chi connectivity index (χ4n) is 2.94.